The standard InChI is InChI=1S/C13H13N3S.ClH/c14-7-11-10-3-1-2-4-12(10)17-13(11)16-6-5-9(15)8-16;/h1-4,9H,5-6,8,15H2;1H/t9-;/m0./s1. The number of nitrogens with two attached hydrogens (primary N) is 1. The molecule has 2 N–H and O–H groups in total. The van der Waals surface area contributed by atoms with Crippen LogP contribution in [0.25, 0.3) is 10.1 Å². The van der Waals surface area contributed by atoms with E-state index < -0.39 is 0 Å². The predicted octanol–water partition coefficient (Wildman–Crippen LogP) is 2.73. The first-order valence-electron chi connectivity index (χ1n) is 5.72. The van der Waals surface area contributed by atoms with Crippen LogP contribution in [0.4, 0.5) is 5.00 Å². The van der Waals surface area contributed by atoms with Gasteiger partial charge in [0.15, 0.2) is 0 Å². The fraction of sp³-hybridized carbons (Fsp3) is 0.308. The number of rotatable bonds is 1. The molecule has 1 saturated heterocycles. The van der Waals surface area contributed by atoms with E-state index in [2.05, 4.69) is 17.0 Å². The van der Waals surface area contributed by atoms with Crippen LogP contribution in [0, 0.1) is 11.3 Å². The first-order chi connectivity index (χ1) is 8.29. The zero-order valence-corrected chi connectivity index (χ0v) is 11.4. The molecule has 18 heavy (non-hydrogen) atoms. The zero-order chi connectivity index (χ0) is 11.8. The third-order valence-corrected chi connectivity index (χ3v) is 4.43. The number of thiophene rings is 1. The lowest BCUT2D eigenvalue weighted by Gasteiger charge is -2.15. The van der Waals surface area contributed by atoms with Crippen molar-refractivity contribution >= 4 is 38.8 Å². The number of hydrogen-bond donors (Lipinski definition) is 1. The second-order valence-corrected chi connectivity index (χ2v) is 5.42. The third-order valence-electron chi connectivity index (χ3n) is 3.20. The first-order valence-corrected chi connectivity index (χ1v) is 6.53. The number of nitriles is 1. The topological polar surface area (TPSA) is 53.0 Å². The molecule has 0 unspecified atom stereocenters. The molecule has 0 amide bonds. The Kier molecular flexibility index (Phi) is 3.76. The molecule has 1 aliphatic rings. The summed E-state index contributed by atoms with van der Waals surface area (Å²) >= 11 is 1.70. The van der Waals surface area contributed by atoms with Crippen molar-refractivity contribution < 1.29 is 0 Å². The summed E-state index contributed by atoms with van der Waals surface area (Å²) in [5.41, 5.74) is 6.73. The summed E-state index contributed by atoms with van der Waals surface area (Å²) in [5.74, 6) is 0. The first kappa shape index (κ1) is 13.2. The van der Waals surface area contributed by atoms with Crippen molar-refractivity contribution in [2.45, 2.75) is 12.5 Å². The van der Waals surface area contributed by atoms with Gasteiger partial charge >= 0.3 is 0 Å². The summed E-state index contributed by atoms with van der Waals surface area (Å²) < 4.78 is 1.18. The van der Waals surface area contributed by atoms with Gasteiger partial charge in [-0.15, -0.1) is 23.7 Å². The number of benzene rings is 1. The average molecular weight is 280 g/mol. The molecule has 0 radical (unpaired) electrons. The van der Waals surface area contributed by atoms with Gasteiger partial charge in [0, 0.05) is 29.2 Å². The van der Waals surface area contributed by atoms with Gasteiger partial charge in [-0.05, 0) is 12.5 Å². The molecule has 0 spiro atoms. The minimum Gasteiger partial charge on any atom is -0.361 e. The molecule has 3 nitrogen and oxygen atoms in total. The summed E-state index contributed by atoms with van der Waals surface area (Å²) in [6.07, 6.45) is 1.01. The number of anilines is 1. The molecule has 94 valence electrons. The molecule has 0 bridgehead atoms. The third kappa shape index (κ3) is 2.05. The highest BCUT2D eigenvalue weighted by molar-refractivity contribution is 7.23. The second-order valence-electron chi connectivity index (χ2n) is 4.38. The maximum absolute atomic E-state index is 9.33. The molecule has 1 fully saturated rings. The van der Waals surface area contributed by atoms with E-state index >= 15 is 0 Å². The summed E-state index contributed by atoms with van der Waals surface area (Å²) in [6, 6.07) is 10.7. The van der Waals surface area contributed by atoms with Gasteiger partial charge in [-0.2, -0.15) is 5.26 Å². The van der Waals surface area contributed by atoms with Gasteiger partial charge < -0.3 is 10.6 Å². The Morgan fingerprint density at radius 1 is 1.39 bits per heavy atom. The van der Waals surface area contributed by atoms with E-state index in [-0.39, 0.29) is 18.4 Å². The normalized spacial score (nSPS) is 18.7. The molecule has 1 aromatic carbocycles. The lowest BCUT2D eigenvalue weighted by atomic mass is 10.2. The minimum absolute atomic E-state index is 0. The zero-order valence-electron chi connectivity index (χ0n) is 9.80. The van der Waals surface area contributed by atoms with E-state index in [4.69, 9.17) is 5.73 Å². The SMILES string of the molecule is Cl.N#Cc1c(N2CC[C@H](N)C2)sc2ccccc12. The Morgan fingerprint density at radius 2 is 2.17 bits per heavy atom. The Labute approximate surface area is 116 Å². The summed E-state index contributed by atoms with van der Waals surface area (Å²) in [4.78, 5) is 2.24. The van der Waals surface area contributed by atoms with E-state index in [1.54, 1.807) is 11.3 Å². The molecule has 0 saturated carbocycles. The van der Waals surface area contributed by atoms with Crippen molar-refractivity contribution in [1.82, 2.24) is 0 Å². The highest BCUT2D eigenvalue weighted by Gasteiger charge is 2.24. The number of fused-ring (bicyclic) bond motifs is 1. The van der Waals surface area contributed by atoms with E-state index in [1.165, 1.54) is 4.70 Å². The number of nitrogens with zero attached hydrogens (tertiary/aromatic N) is 2. The Hall–Kier alpha value is -1.28. The molecular formula is C13H14ClN3S. The van der Waals surface area contributed by atoms with Crippen LogP contribution in [0.3, 0.4) is 0 Å². The molecule has 1 aromatic heterocycles. The van der Waals surface area contributed by atoms with Crippen molar-refractivity contribution in [2.75, 3.05) is 18.0 Å². The van der Waals surface area contributed by atoms with Gasteiger partial charge in [-0.3, -0.25) is 0 Å². The van der Waals surface area contributed by atoms with Crippen LogP contribution in [0.1, 0.15) is 12.0 Å². The van der Waals surface area contributed by atoms with Crippen LogP contribution in [0.2, 0.25) is 0 Å². The van der Waals surface area contributed by atoms with Crippen molar-refractivity contribution in [3.05, 3.63) is 29.8 Å². The maximum atomic E-state index is 9.33. The number of halogens is 1. The predicted molar refractivity (Wildman–Crippen MR) is 78.6 cm³/mol. The highest BCUT2D eigenvalue weighted by Crippen LogP contribution is 2.38. The summed E-state index contributed by atoms with van der Waals surface area (Å²) in [5, 5.41) is 11.5. The van der Waals surface area contributed by atoms with Crippen LogP contribution in [0.15, 0.2) is 24.3 Å². The van der Waals surface area contributed by atoms with Gasteiger partial charge in [0.2, 0.25) is 0 Å². The van der Waals surface area contributed by atoms with Crippen molar-refractivity contribution in [1.29, 1.82) is 5.26 Å². The summed E-state index contributed by atoms with van der Waals surface area (Å²) in [7, 11) is 0. The van der Waals surface area contributed by atoms with E-state index in [0.29, 0.717) is 0 Å². The van der Waals surface area contributed by atoms with Crippen LogP contribution >= 0.6 is 23.7 Å². The van der Waals surface area contributed by atoms with Crippen LogP contribution in [-0.4, -0.2) is 19.1 Å². The van der Waals surface area contributed by atoms with Crippen LogP contribution < -0.4 is 10.6 Å². The van der Waals surface area contributed by atoms with Gasteiger partial charge in [-0.25, -0.2) is 0 Å². The number of hydrogen-bond acceptors (Lipinski definition) is 4. The van der Waals surface area contributed by atoms with Crippen LogP contribution in [0.5, 0.6) is 0 Å². The smallest absolute Gasteiger partial charge is 0.110 e. The Morgan fingerprint density at radius 3 is 2.83 bits per heavy atom. The van der Waals surface area contributed by atoms with E-state index in [0.717, 1.165) is 35.5 Å². The lowest BCUT2D eigenvalue weighted by molar-refractivity contribution is 0.752. The van der Waals surface area contributed by atoms with Gasteiger partial charge in [0.05, 0.1) is 5.56 Å². The lowest BCUT2D eigenvalue weighted by Crippen LogP contribution is -2.26. The molecule has 2 aromatic rings. The fourth-order valence-electron chi connectivity index (χ4n) is 2.34. The quantitative estimate of drug-likeness (QED) is 0.873. The van der Waals surface area contributed by atoms with Crippen molar-refractivity contribution in [2.24, 2.45) is 5.73 Å². The fourth-order valence-corrected chi connectivity index (χ4v) is 3.52. The summed E-state index contributed by atoms with van der Waals surface area (Å²) in [6.45, 7) is 1.82. The molecule has 0 aliphatic carbocycles. The molecule has 2 heterocycles. The second kappa shape index (κ2) is 5.15. The Balaban J connectivity index is 0.00000120. The van der Waals surface area contributed by atoms with E-state index in [9.17, 15) is 5.26 Å². The highest BCUT2D eigenvalue weighted by atomic mass is 35.5. The van der Waals surface area contributed by atoms with Gasteiger partial charge in [-0.1, -0.05) is 18.2 Å². The maximum Gasteiger partial charge on any atom is 0.110 e. The van der Waals surface area contributed by atoms with Gasteiger partial charge in [0.25, 0.3) is 0 Å². The molecule has 5 heteroatoms. The Bertz CT molecular complexity index is 602. The largest absolute Gasteiger partial charge is 0.361 e. The minimum atomic E-state index is 0. The molecule has 1 aliphatic heterocycles. The monoisotopic (exact) mass is 279 g/mol. The molecule has 3 rings (SSSR count). The van der Waals surface area contributed by atoms with Crippen molar-refractivity contribution in [3.63, 3.8) is 0 Å². The van der Waals surface area contributed by atoms with Gasteiger partial charge in [0.1, 0.15) is 11.1 Å². The van der Waals surface area contributed by atoms with Crippen molar-refractivity contribution in [3.8, 4) is 6.07 Å². The van der Waals surface area contributed by atoms with Crippen LogP contribution in [-0.2, 0) is 0 Å². The van der Waals surface area contributed by atoms with E-state index in [1.807, 2.05) is 18.2 Å². The molecule has 1 atom stereocenters. The molecular weight excluding hydrogens is 266 g/mol. The average Bonchev–Trinajstić information content (AvgIpc) is 2.91.